The van der Waals surface area contributed by atoms with Crippen molar-refractivity contribution in [3.05, 3.63) is 96.1 Å². The van der Waals surface area contributed by atoms with Gasteiger partial charge in [0.05, 0.1) is 0 Å². The standard InChI is InChI=1S/C28H27N/c1-3-12-22-19(7-1)9-5-10-21(22)15-16-28-26-17-25(27(26)18-29-28)24-14-6-11-20-8-2-4-13-23(20)24/h1-14,25-29H,15-18H2. The number of rotatable bonds is 4. The zero-order valence-electron chi connectivity index (χ0n) is 16.7. The van der Waals surface area contributed by atoms with Gasteiger partial charge in [-0.15, -0.1) is 0 Å². The van der Waals surface area contributed by atoms with E-state index in [-0.39, 0.29) is 0 Å². The molecule has 4 atom stereocenters. The second-order valence-corrected chi connectivity index (χ2v) is 8.93. The van der Waals surface area contributed by atoms with Crippen LogP contribution in [-0.2, 0) is 6.42 Å². The Morgan fingerprint density at radius 2 is 1.38 bits per heavy atom. The number of benzene rings is 4. The zero-order valence-corrected chi connectivity index (χ0v) is 16.7. The van der Waals surface area contributed by atoms with Crippen molar-refractivity contribution in [1.29, 1.82) is 0 Å². The Bertz CT molecular complexity index is 1160. The lowest BCUT2D eigenvalue weighted by molar-refractivity contribution is 0.161. The normalized spacial score (nSPS) is 25.8. The first-order valence-electron chi connectivity index (χ1n) is 11.1. The average Bonchev–Trinajstić information content (AvgIpc) is 3.07. The lowest BCUT2D eigenvalue weighted by Gasteiger charge is -2.43. The molecule has 0 spiro atoms. The molecule has 0 aromatic heterocycles. The highest BCUT2D eigenvalue weighted by molar-refractivity contribution is 5.86. The van der Waals surface area contributed by atoms with Crippen LogP contribution < -0.4 is 5.32 Å². The highest BCUT2D eigenvalue weighted by Gasteiger charge is 2.49. The molecule has 1 saturated heterocycles. The van der Waals surface area contributed by atoms with E-state index in [1.54, 1.807) is 5.56 Å². The van der Waals surface area contributed by atoms with Crippen LogP contribution in [0.25, 0.3) is 21.5 Å². The summed E-state index contributed by atoms with van der Waals surface area (Å²) in [6.45, 7) is 1.18. The lowest BCUT2D eigenvalue weighted by Crippen LogP contribution is -2.38. The van der Waals surface area contributed by atoms with Gasteiger partial charge in [-0.2, -0.15) is 0 Å². The van der Waals surface area contributed by atoms with Gasteiger partial charge in [-0.3, -0.25) is 0 Å². The molecule has 2 fully saturated rings. The molecule has 1 nitrogen and oxygen atoms in total. The molecule has 1 heteroatoms. The molecule has 4 unspecified atom stereocenters. The highest BCUT2D eigenvalue weighted by atomic mass is 15.0. The predicted octanol–water partition coefficient (Wildman–Crippen LogP) is 6.32. The third-order valence-electron chi connectivity index (χ3n) is 7.55. The van der Waals surface area contributed by atoms with E-state index in [1.165, 1.54) is 52.9 Å². The van der Waals surface area contributed by atoms with E-state index in [9.17, 15) is 0 Å². The number of nitrogens with one attached hydrogen (secondary N) is 1. The Morgan fingerprint density at radius 3 is 2.24 bits per heavy atom. The topological polar surface area (TPSA) is 12.0 Å². The van der Waals surface area contributed by atoms with Crippen LogP contribution in [0, 0.1) is 11.8 Å². The Hall–Kier alpha value is -2.64. The summed E-state index contributed by atoms with van der Waals surface area (Å²) in [5, 5.41) is 9.51. The second kappa shape index (κ2) is 7.00. The van der Waals surface area contributed by atoms with Gasteiger partial charge in [0, 0.05) is 6.04 Å². The quantitative estimate of drug-likeness (QED) is 0.439. The fourth-order valence-corrected chi connectivity index (χ4v) is 6.01. The second-order valence-electron chi connectivity index (χ2n) is 8.93. The Balaban J connectivity index is 1.18. The monoisotopic (exact) mass is 377 g/mol. The van der Waals surface area contributed by atoms with Crippen molar-refractivity contribution in [3.63, 3.8) is 0 Å². The van der Waals surface area contributed by atoms with Crippen LogP contribution in [0.5, 0.6) is 0 Å². The third-order valence-corrected chi connectivity index (χ3v) is 7.55. The van der Waals surface area contributed by atoms with Gasteiger partial charge in [-0.05, 0) is 76.2 Å². The molecule has 1 aliphatic heterocycles. The number of hydrogen-bond acceptors (Lipinski definition) is 1. The van der Waals surface area contributed by atoms with E-state index in [0.717, 1.165) is 17.8 Å². The lowest BCUT2D eigenvalue weighted by atomic mass is 9.61. The molecule has 1 aliphatic carbocycles. The largest absolute Gasteiger partial charge is 0.313 e. The fraction of sp³-hybridized carbons (Fsp3) is 0.286. The minimum Gasteiger partial charge on any atom is -0.313 e. The van der Waals surface area contributed by atoms with E-state index < -0.39 is 0 Å². The summed E-state index contributed by atoms with van der Waals surface area (Å²) >= 11 is 0. The van der Waals surface area contributed by atoms with Crippen LogP contribution in [0.2, 0.25) is 0 Å². The van der Waals surface area contributed by atoms with Crippen molar-refractivity contribution in [2.24, 2.45) is 11.8 Å². The van der Waals surface area contributed by atoms with E-state index in [2.05, 4.69) is 90.2 Å². The number of hydrogen-bond donors (Lipinski definition) is 1. The van der Waals surface area contributed by atoms with Crippen molar-refractivity contribution in [2.45, 2.75) is 31.2 Å². The Kier molecular flexibility index (Phi) is 4.16. The molecule has 29 heavy (non-hydrogen) atoms. The van der Waals surface area contributed by atoms with Crippen molar-refractivity contribution in [1.82, 2.24) is 5.32 Å². The predicted molar refractivity (Wildman–Crippen MR) is 122 cm³/mol. The number of aryl methyl sites for hydroxylation is 1. The molecule has 1 heterocycles. The average molecular weight is 378 g/mol. The van der Waals surface area contributed by atoms with Gasteiger partial charge in [0.25, 0.3) is 0 Å². The van der Waals surface area contributed by atoms with Gasteiger partial charge in [0.15, 0.2) is 0 Å². The van der Waals surface area contributed by atoms with Crippen LogP contribution in [0.1, 0.15) is 29.9 Å². The molecule has 2 aliphatic rings. The van der Waals surface area contributed by atoms with Gasteiger partial charge in [-0.1, -0.05) is 84.9 Å². The van der Waals surface area contributed by atoms with Crippen molar-refractivity contribution >= 4 is 21.5 Å². The SMILES string of the molecule is c1ccc2c(CCC3NCC4C(c5cccc6ccccc56)CC34)cccc2c1. The smallest absolute Gasteiger partial charge is 0.0102 e. The highest BCUT2D eigenvalue weighted by Crippen LogP contribution is 2.53. The summed E-state index contributed by atoms with van der Waals surface area (Å²) in [4.78, 5) is 0. The van der Waals surface area contributed by atoms with Gasteiger partial charge in [0.2, 0.25) is 0 Å². The van der Waals surface area contributed by atoms with Gasteiger partial charge < -0.3 is 5.32 Å². The maximum absolute atomic E-state index is 3.88. The van der Waals surface area contributed by atoms with Crippen LogP contribution in [0.15, 0.2) is 84.9 Å². The van der Waals surface area contributed by atoms with Crippen molar-refractivity contribution < 1.29 is 0 Å². The molecule has 4 aromatic carbocycles. The summed E-state index contributed by atoms with van der Waals surface area (Å²) in [6.07, 6.45) is 3.75. The maximum atomic E-state index is 3.88. The van der Waals surface area contributed by atoms with Crippen molar-refractivity contribution in [3.8, 4) is 0 Å². The van der Waals surface area contributed by atoms with E-state index in [4.69, 9.17) is 0 Å². The summed E-state index contributed by atoms with van der Waals surface area (Å²) in [5.41, 5.74) is 3.07. The molecular formula is C28H27N. The molecule has 0 radical (unpaired) electrons. The maximum Gasteiger partial charge on any atom is 0.0102 e. The minimum absolute atomic E-state index is 0.671. The van der Waals surface area contributed by atoms with Crippen LogP contribution in [0.3, 0.4) is 0 Å². The van der Waals surface area contributed by atoms with E-state index in [1.807, 2.05) is 0 Å². The van der Waals surface area contributed by atoms with Gasteiger partial charge in [-0.25, -0.2) is 0 Å². The van der Waals surface area contributed by atoms with Gasteiger partial charge in [0.1, 0.15) is 0 Å². The fourth-order valence-electron chi connectivity index (χ4n) is 6.01. The van der Waals surface area contributed by atoms with E-state index in [0.29, 0.717) is 6.04 Å². The molecule has 0 bridgehead atoms. The Labute approximate surface area is 172 Å². The molecule has 0 amide bonds. The molecular weight excluding hydrogens is 350 g/mol. The summed E-state index contributed by atoms with van der Waals surface area (Å²) < 4.78 is 0. The molecule has 1 N–H and O–H groups in total. The summed E-state index contributed by atoms with van der Waals surface area (Å²) in [6, 6.07) is 32.0. The summed E-state index contributed by atoms with van der Waals surface area (Å²) in [5.74, 6) is 2.37. The zero-order chi connectivity index (χ0) is 19.2. The van der Waals surface area contributed by atoms with Crippen LogP contribution in [0.4, 0.5) is 0 Å². The molecule has 4 aromatic rings. The first kappa shape index (κ1) is 17.2. The minimum atomic E-state index is 0.671. The molecule has 144 valence electrons. The first-order chi connectivity index (χ1) is 14.4. The van der Waals surface area contributed by atoms with E-state index >= 15 is 0 Å². The number of fused-ring (bicyclic) bond motifs is 3. The van der Waals surface area contributed by atoms with Crippen LogP contribution in [-0.4, -0.2) is 12.6 Å². The van der Waals surface area contributed by atoms with Gasteiger partial charge >= 0.3 is 0 Å². The first-order valence-corrected chi connectivity index (χ1v) is 11.1. The molecule has 6 rings (SSSR count). The Morgan fingerprint density at radius 1 is 0.690 bits per heavy atom. The van der Waals surface area contributed by atoms with Crippen molar-refractivity contribution in [2.75, 3.05) is 6.54 Å². The summed E-state index contributed by atoms with van der Waals surface area (Å²) in [7, 11) is 0. The third kappa shape index (κ3) is 2.88. The molecule has 1 saturated carbocycles. The van der Waals surface area contributed by atoms with Crippen LogP contribution >= 0.6 is 0 Å².